The van der Waals surface area contributed by atoms with Crippen molar-refractivity contribution in [1.29, 1.82) is 0 Å². The summed E-state index contributed by atoms with van der Waals surface area (Å²) in [5, 5.41) is 7.75. The highest BCUT2D eigenvalue weighted by atomic mass is 32.2. The minimum absolute atomic E-state index is 0.00695. The summed E-state index contributed by atoms with van der Waals surface area (Å²) in [5.74, 6) is -2.72. The van der Waals surface area contributed by atoms with Gasteiger partial charge in [0.2, 0.25) is 5.91 Å². The number of fused-ring (bicyclic) bond motifs is 1. The van der Waals surface area contributed by atoms with Crippen LogP contribution >= 0.6 is 0 Å². The molecule has 202 valence electrons. The molecule has 11 heteroatoms. The number of piperidine rings is 1. The fourth-order valence-electron chi connectivity index (χ4n) is 5.08. The molecule has 0 aliphatic carbocycles. The van der Waals surface area contributed by atoms with Crippen LogP contribution in [0.5, 0.6) is 0 Å². The Bertz CT molecular complexity index is 1320. The van der Waals surface area contributed by atoms with Crippen molar-refractivity contribution in [3.05, 3.63) is 65.7 Å². The average molecular weight is 543 g/mol. The van der Waals surface area contributed by atoms with Crippen molar-refractivity contribution in [2.75, 3.05) is 17.4 Å². The van der Waals surface area contributed by atoms with Gasteiger partial charge >= 0.3 is 21.3 Å². The molecule has 2 atom stereocenters. The number of sulfonamides is 1. The molecule has 4 rings (SSSR count). The van der Waals surface area contributed by atoms with Crippen LogP contribution in [-0.4, -0.2) is 60.5 Å². The predicted octanol–water partition coefficient (Wildman–Crippen LogP) is 3.46. The molecule has 2 aromatic carbocycles. The summed E-state index contributed by atoms with van der Waals surface area (Å²) in [6.45, 7) is 1.96. The number of carboxylic acids is 1. The van der Waals surface area contributed by atoms with Gasteiger partial charge in [0.05, 0.1) is 17.6 Å². The van der Waals surface area contributed by atoms with Gasteiger partial charge in [0.25, 0.3) is 0 Å². The molecule has 0 spiro atoms. The molecular weight excluding hydrogens is 512 g/mol. The van der Waals surface area contributed by atoms with E-state index in [1.807, 2.05) is 0 Å². The first kappa shape index (κ1) is 27.3. The van der Waals surface area contributed by atoms with Gasteiger partial charge in [0.15, 0.2) is 5.78 Å². The topological polar surface area (TPSA) is 138 Å². The summed E-state index contributed by atoms with van der Waals surface area (Å²) in [6.07, 6.45) is 0.804. The van der Waals surface area contributed by atoms with Crippen LogP contribution in [0.3, 0.4) is 0 Å². The average Bonchev–Trinajstić information content (AvgIpc) is 2.92. The molecule has 10 nitrogen and oxygen atoms in total. The summed E-state index contributed by atoms with van der Waals surface area (Å²) in [7, 11) is -4.66. The second-order valence-corrected chi connectivity index (χ2v) is 11.3. The molecule has 1 amide bonds. The summed E-state index contributed by atoms with van der Waals surface area (Å²) in [6, 6.07) is 13.9. The lowest BCUT2D eigenvalue weighted by Gasteiger charge is -2.39. The zero-order valence-electron chi connectivity index (χ0n) is 21.0. The number of benzene rings is 2. The molecule has 0 unspecified atom stereocenters. The lowest BCUT2D eigenvalue weighted by molar-refractivity contribution is -0.145. The number of hydrogen-bond donors (Lipinski definition) is 1. The number of likely N-dealkylation sites (tertiary alicyclic amines) is 1. The first-order chi connectivity index (χ1) is 18.1. The number of amides is 1. The highest BCUT2D eigenvalue weighted by molar-refractivity contribution is 8.06. The zero-order valence-corrected chi connectivity index (χ0v) is 21.8. The molecule has 0 saturated carbocycles. The maximum Gasteiger partial charge on any atom is 0.445 e. The largest absolute Gasteiger partial charge is 0.481 e. The smallest absolute Gasteiger partial charge is 0.445 e. The molecule has 1 N–H and O–H groups in total. The fraction of sp³-hybridized carbons (Fsp3) is 0.407. The van der Waals surface area contributed by atoms with Crippen LogP contribution < -0.4 is 4.31 Å². The second-order valence-electron chi connectivity index (χ2n) is 9.59. The molecule has 2 aliphatic rings. The number of carbonyl (C=O) groups is 4. The molecule has 0 aromatic heterocycles. The van der Waals surface area contributed by atoms with Crippen molar-refractivity contribution in [3.63, 3.8) is 0 Å². The number of nitrogens with zero attached hydrogens (tertiary/aromatic N) is 2. The Labute approximate surface area is 221 Å². The lowest BCUT2D eigenvalue weighted by atomic mass is 9.83. The third kappa shape index (κ3) is 5.57. The first-order valence-electron chi connectivity index (χ1n) is 12.5. The van der Waals surface area contributed by atoms with E-state index in [0.29, 0.717) is 31.5 Å². The number of rotatable bonds is 7. The van der Waals surface area contributed by atoms with E-state index in [4.69, 9.17) is 9.84 Å². The molecule has 2 aromatic rings. The number of carboxylic acid groups (broad SMARTS) is 1. The van der Waals surface area contributed by atoms with E-state index in [1.54, 1.807) is 54.3 Å². The van der Waals surface area contributed by atoms with Gasteiger partial charge in [0, 0.05) is 31.0 Å². The normalized spacial score (nSPS) is 20.1. The number of aliphatic carboxylic acids is 1. The third-order valence-electron chi connectivity index (χ3n) is 7.23. The summed E-state index contributed by atoms with van der Waals surface area (Å²) >= 11 is 0. The number of hydrogen-bond acceptors (Lipinski definition) is 7. The third-order valence-corrected chi connectivity index (χ3v) is 8.82. The van der Waals surface area contributed by atoms with Crippen LogP contribution in [0.25, 0.3) is 0 Å². The van der Waals surface area contributed by atoms with Crippen molar-refractivity contribution >= 4 is 38.7 Å². The van der Waals surface area contributed by atoms with Crippen LogP contribution in [0.1, 0.15) is 48.5 Å². The quantitative estimate of drug-likeness (QED) is 0.525. The highest BCUT2D eigenvalue weighted by Gasteiger charge is 2.46. The Morgan fingerprint density at radius 2 is 1.63 bits per heavy atom. The molecule has 38 heavy (non-hydrogen) atoms. The van der Waals surface area contributed by atoms with Crippen LogP contribution in [0.2, 0.25) is 0 Å². The number of ether oxygens (including phenoxy) is 1. The highest BCUT2D eigenvalue weighted by Crippen LogP contribution is 2.38. The van der Waals surface area contributed by atoms with Gasteiger partial charge in [-0.05, 0) is 43.9 Å². The maximum absolute atomic E-state index is 13.4. The number of ketones is 1. The van der Waals surface area contributed by atoms with Crippen LogP contribution in [-0.2, 0) is 31.0 Å². The van der Waals surface area contributed by atoms with Crippen molar-refractivity contribution in [2.45, 2.75) is 45.3 Å². The van der Waals surface area contributed by atoms with Crippen molar-refractivity contribution in [3.8, 4) is 0 Å². The number of anilines is 1. The van der Waals surface area contributed by atoms with Gasteiger partial charge in [-0.2, -0.15) is 8.42 Å². The lowest BCUT2D eigenvalue weighted by Crippen LogP contribution is -2.51. The Hall–Kier alpha value is -3.73. The summed E-state index contributed by atoms with van der Waals surface area (Å²) in [4.78, 5) is 51.8. The van der Waals surface area contributed by atoms with Crippen molar-refractivity contribution < 1.29 is 37.4 Å². The van der Waals surface area contributed by atoms with Crippen molar-refractivity contribution in [1.82, 2.24) is 4.90 Å². The Kier molecular flexibility index (Phi) is 8.15. The summed E-state index contributed by atoms with van der Waals surface area (Å²) < 4.78 is 32.9. The van der Waals surface area contributed by atoms with E-state index in [1.165, 1.54) is 12.1 Å². The SMILES string of the molecule is C[C@@H]1[C@H](CCC(=O)N2CCC(C(=O)O)CC2)C(=O)c2ccccc2N1S(=O)(=O)C(=O)OCc1ccccc1. The Balaban J connectivity index is 1.50. The minimum atomic E-state index is -4.66. The zero-order chi connectivity index (χ0) is 27.4. The van der Waals surface area contributed by atoms with Gasteiger partial charge in [-0.25, -0.2) is 4.79 Å². The molecular formula is C27H30N2O8S. The van der Waals surface area contributed by atoms with Gasteiger partial charge in [0.1, 0.15) is 6.61 Å². The van der Waals surface area contributed by atoms with E-state index in [2.05, 4.69) is 0 Å². The fourth-order valence-corrected chi connectivity index (χ4v) is 6.45. The molecule has 2 heterocycles. The van der Waals surface area contributed by atoms with E-state index in [-0.39, 0.29) is 42.4 Å². The van der Waals surface area contributed by atoms with Gasteiger partial charge in [-0.15, -0.1) is 0 Å². The minimum Gasteiger partial charge on any atom is -0.481 e. The molecule has 1 saturated heterocycles. The van der Waals surface area contributed by atoms with Crippen LogP contribution in [0.15, 0.2) is 54.6 Å². The van der Waals surface area contributed by atoms with E-state index in [9.17, 15) is 27.6 Å². The first-order valence-corrected chi connectivity index (χ1v) is 13.9. The van der Waals surface area contributed by atoms with E-state index in [0.717, 1.165) is 4.31 Å². The van der Waals surface area contributed by atoms with Crippen LogP contribution in [0.4, 0.5) is 10.5 Å². The van der Waals surface area contributed by atoms with Gasteiger partial charge in [-0.1, -0.05) is 42.5 Å². The van der Waals surface area contributed by atoms with E-state index < -0.39 is 39.2 Å². The predicted molar refractivity (Wildman–Crippen MR) is 138 cm³/mol. The Morgan fingerprint density at radius 3 is 2.29 bits per heavy atom. The maximum atomic E-state index is 13.4. The Morgan fingerprint density at radius 1 is 1.00 bits per heavy atom. The molecule has 0 radical (unpaired) electrons. The number of carbonyl (C=O) groups excluding carboxylic acids is 3. The van der Waals surface area contributed by atoms with Gasteiger partial charge < -0.3 is 14.7 Å². The number of Topliss-reactive ketones (excluding diaryl/α,β-unsaturated/α-hetero) is 1. The number of para-hydroxylation sites is 1. The molecule has 2 aliphatic heterocycles. The standard InChI is InChI=1S/C27H30N2O8S/c1-18-21(11-12-24(30)28-15-13-20(14-16-28)26(32)33)25(31)22-9-5-6-10-23(22)29(18)38(35,36)27(34)37-17-19-7-3-2-4-8-19/h2-10,18,20-21H,11-17H2,1H3,(H,32,33)/t18-,21+/m1/s1. The second kappa shape index (κ2) is 11.3. The monoisotopic (exact) mass is 542 g/mol. The van der Waals surface area contributed by atoms with Gasteiger partial charge in [-0.3, -0.25) is 18.7 Å². The van der Waals surface area contributed by atoms with E-state index >= 15 is 0 Å². The molecule has 1 fully saturated rings. The van der Waals surface area contributed by atoms with Crippen LogP contribution in [0, 0.1) is 11.8 Å². The molecule has 0 bridgehead atoms. The van der Waals surface area contributed by atoms with Crippen molar-refractivity contribution in [2.24, 2.45) is 11.8 Å². The summed E-state index contributed by atoms with van der Waals surface area (Å²) in [5.41, 5.74) is 0.881.